The summed E-state index contributed by atoms with van der Waals surface area (Å²) in [5.41, 5.74) is 2.83. The molecular weight excluding hydrogens is 244 g/mol. The van der Waals surface area contributed by atoms with Crippen LogP contribution in [0.4, 0.5) is 0 Å². The average molecular weight is 256 g/mol. The number of aromatic amines is 1. The second kappa shape index (κ2) is 4.24. The van der Waals surface area contributed by atoms with E-state index in [0.29, 0.717) is 24.1 Å². The molecule has 0 unspecified atom stereocenters. The molecule has 19 heavy (non-hydrogen) atoms. The monoisotopic (exact) mass is 256 g/mol. The number of aromatic nitrogens is 1. The number of nitrogens with zero attached hydrogens (tertiary/aromatic N) is 1. The first kappa shape index (κ1) is 11.5. The average Bonchev–Trinajstić information content (AvgIpc) is 2.80. The first-order valence-corrected chi connectivity index (χ1v) is 5.91. The number of Topliss-reactive ketones (excluding diaryl/α,β-unsaturated/α-hetero) is 1. The molecule has 1 amide bonds. The summed E-state index contributed by atoms with van der Waals surface area (Å²) >= 11 is 0. The van der Waals surface area contributed by atoms with Gasteiger partial charge >= 0.3 is 0 Å². The Hall–Kier alpha value is -2.63. The molecule has 6 heteroatoms. The van der Waals surface area contributed by atoms with Crippen LogP contribution in [-0.4, -0.2) is 23.0 Å². The van der Waals surface area contributed by atoms with E-state index in [-0.39, 0.29) is 11.7 Å². The van der Waals surface area contributed by atoms with Crippen molar-refractivity contribution in [2.75, 3.05) is 0 Å². The fourth-order valence-corrected chi connectivity index (χ4v) is 2.53. The van der Waals surface area contributed by atoms with Gasteiger partial charge in [-0.15, -0.1) is 0 Å². The zero-order chi connectivity index (χ0) is 13.4. The molecule has 6 nitrogen and oxygen atoms in total. The van der Waals surface area contributed by atoms with Crippen LogP contribution in [0.15, 0.2) is 23.3 Å². The minimum absolute atomic E-state index is 0.118. The molecule has 0 fully saturated rings. The lowest BCUT2D eigenvalue weighted by Crippen LogP contribution is -2.24. The van der Waals surface area contributed by atoms with Gasteiger partial charge in [0.1, 0.15) is 12.0 Å². The number of carbonyl (C=O) groups is 2. The topological polar surface area (TPSA) is 100 Å². The molecule has 0 aliphatic heterocycles. The van der Waals surface area contributed by atoms with Gasteiger partial charge in [-0.25, -0.2) is 0 Å². The normalized spacial score (nSPS) is 14.2. The lowest BCUT2D eigenvalue weighted by atomic mass is 9.90. The Morgan fingerprint density at radius 3 is 3.05 bits per heavy atom. The molecule has 0 saturated heterocycles. The van der Waals surface area contributed by atoms with Crippen molar-refractivity contribution in [2.24, 2.45) is 10.9 Å². The lowest BCUT2D eigenvalue weighted by Gasteiger charge is -2.11. The van der Waals surface area contributed by atoms with Gasteiger partial charge in [0.25, 0.3) is 5.91 Å². The molecule has 0 bridgehead atoms. The van der Waals surface area contributed by atoms with Crippen LogP contribution in [0.25, 0.3) is 10.9 Å². The molecule has 1 heterocycles. The highest BCUT2D eigenvalue weighted by atomic mass is 16.2. The summed E-state index contributed by atoms with van der Waals surface area (Å²) in [5, 5.41) is 6.55. The van der Waals surface area contributed by atoms with Crippen LogP contribution in [0, 0.1) is 0 Å². The SMILES string of the molecule is NN=CNC(=O)c1[nH]c2cccc3c2c1CCC3=O. The van der Waals surface area contributed by atoms with Gasteiger partial charge in [-0.3, -0.25) is 9.59 Å². The number of H-pyrrole nitrogens is 1. The quantitative estimate of drug-likeness (QED) is 0.322. The van der Waals surface area contributed by atoms with Crippen molar-refractivity contribution in [2.45, 2.75) is 12.8 Å². The highest BCUT2D eigenvalue weighted by Gasteiger charge is 2.25. The first-order chi connectivity index (χ1) is 9.22. The van der Waals surface area contributed by atoms with Gasteiger partial charge in [0.15, 0.2) is 5.78 Å². The predicted octanol–water partition coefficient (Wildman–Crippen LogP) is 0.929. The number of aryl methyl sites for hydroxylation is 1. The Balaban J connectivity index is 2.19. The highest BCUT2D eigenvalue weighted by molar-refractivity contribution is 6.14. The predicted molar refractivity (Wildman–Crippen MR) is 71.1 cm³/mol. The number of benzene rings is 1. The molecular formula is C13H12N4O2. The maximum atomic E-state index is 12.0. The van der Waals surface area contributed by atoms with E-state index in [1.54, 1.807) is 6.07 Å². The number of nitrogens with two attached hydrogens (primary N) is 1. The van der Waals surface area contributed by atoms with Gasteiger partial charge in [0, 0.05) is 22.9 Å². The highest BCUT2D eigenvalue weighted by Crippen LogP contribution is 2.32. The minimum atomic E-state index is -0.305. The van der Waals surface area contributed by atoms with E-state index in [0.717, 1.165) is 22.8 Å². The maximum Gasteiger partial charge on any atom is 0.273 e. The Kier molecular flexibility index (Phi) is 2.56. The smallest absolute Gasteiger partial charge is 0.273 e. The van der Waals surface area contributed by atoms with Crippen LogP contribution >= 0.6 is 0 Å². The second-order valence-corrected chi connectivity index (χ2v) is 4.38. The van der Waals surface area contributed by atoms with E-state index in [1.807, 2.05) is 12.1 Å². The summed E-state index contributed by atoms with van der Waals surface area (Å²) in [7, 11) is 0. The van der Waals surface area contributed by atoms with E-state index >= 15 is 0 Å². The summed E-state index contributed by atoms with van der Waals surface area (Å²) < 4.78 is 0. The number of ketones is 1. The van der Waals surface area contributed by atoms with Crippen molar-refractivity contribution in [1.29, 1.82) is 0 Å². The largest absolute Gasteiger partial charge is 0.350 e. The van der Waals surface area contributed by atoms with E-state index in [4.69, 9.17) is 5.84 Å². The third-order valence-electron chi connectivity index (χ3n) is 3.33. The zero-order valence-electron chi connectivity index (χ0n) is 10.1. The van der Waals surface area contributed by atoms with E-state index in [1.165, 1.54) is 0 Å². The molecule has 4 N–H and O–H groups in total. The van der Waals surface area contributed by atoms with Crippen molar-refractivity contribution in [3.05, 3.63) is 35.0 Å². The van der Waals surface area contributed by atoms with Crippen LogP contribution in [0.2, 0.25) is 0 Å². The molecule has 0 radical (unpaired) electrons. The summed E-state index contributed by atoms with van der Waals surface area (Å²) in [5.74, 6) is 4.77. The van der Waals surface area contributed by atoms with E-state index < -0.39 is 0 Å². The molecule has 1 aliphatic carbocycles. The van der Waals surface area contributed by atoms with Crippen LogP contribution < -0.4 is 11.2 Å². The van der Waals surface area contributed by atoms with E-state index in [9.17, 15) is 9.59 Å². The maximum absolute atomic E-state index is 12.0. The standard InChI is InChI=1S/C13H12N4O2/c14-16-6-15-13(19)12-8-4-5-10(18)7-2-1-3-9(17-12)11(7)8/h1-3,6,17H,4-5,14H2,(H,15,16,19). The Labute approximate surface area is 108 Å². The zero-order valence-corrected chi connectivity index (χ0v) is 10.1. The number of hydrogen-bond donors (Lipinski definition) is 3. The molecule has 1 aromatic carbocycles. The number of amides is 1. The van der Waals surface area contributed by atoms with Gasteiger partial charge in [0.2, 0.25) is 0 Å². The van der Waals surface area contributed by atoms with Gasteiger partial charge in [-0.05, 0) is 18.1 Å². The molecule has 1 aromatic heterocycles. The molecule has 3 rings (SSSR count). The van der Waals surface area contributed by atoms with Crippen molar-refractivity contribution in [1.82, 2.24) is 10.3 Å². The van der Waals surface area contributed by atoms with Crippen LogP contribution in [0.3, 0.4) is 0 Å². The molecule has 96 valence electrons. The third kappa shape index (κ3) is 1.69. The molecule has 1 aliphatic rings. The third-order valence-corrected chi connectivity index (χ3v) is 3.33. The molecule has 0 spiro atoms. The summed E-state index contributed by atoms with van der Waals surface area (Å²) in [4.78, 5) is 26.9. The summed E-state index contributed by atoms with van der Waals surface area (Å²) in [6, 6.07) is 5.46. The summed E-state index contributed by atoms with van der Waals surface area (Å²) in [6.07, 6.45) is 2.13. The number of rotatable bonds is 2. The van der Waals surface area contributed by atoms with Crippen molar-refractivity contribution in [3.63, 3.8) is 0 Å². The fraction of sp³-hybridized carbons (Fsp3) is 0.154. The van der Waals surface area contributed by atoms with Crippen molar-refractivity contribution in [3.8, 4) is 0 Å². The Morgan fingerprint density at radius 1 is 1.42 bits per heavy atom. The van der Waals surface area contributed by atoms with Crippen LogP contribution in [0.1, 0.15) is 32.8 Å². The molecule has 0 saturated carbocycles. The number of hydrazone groups is 1. The van der Waals surface area contributed by atoms with Gasteiger partial charge < -0.3 is 16.1 Å². The Bertz CT molecular complexity index is 715. The fourth-order valence-electron chi connectivity index (χ4n) is 2.53. The first-order valence-electron chi connectivity index (χ1n) is 5.91. The minimum Gasteiger partial charge on any atom is -0.350 e. The van der Waals surface area contributed by atoms with Crippen molar-refractivity contribution >= 4 is 28.9 Å². The summed E-state index contributed by atoms with van der Waals surface area (Å²) in [6.45, 7) is 0. The van der Waals surface area contributed by atoms with Crippen LogP contribution in [0.5, 0.6) is 0 Å². The molecule has 2 aromatic rings. The molecule has 0 atom stereocenters. The van der Waals surface area contributed by atoms with Crippen LogP contribution in [-0.2, 0) is 6.42 Å². The second-order valence-electron chi connectivity index (χ2n) is 4.38. The number of nitrogens with one attached hydrogen (secondary N) is 2. The van der Waals surface area contributed by atoms with Crippen molar-refractivity contribution < 1.29 is 9.59 Å². The van der Waals surface area contributed by atoms with Gasteiger partial charge in [-0.2, -0.15) is 5.10 Å². The number of hydrogen-bond acceptors (Lipinski definition) is 4. The van der Waals surface area contributed by atoms with Gasteiger partial charge in [0.05, 0.1) is 0 Å². The van der Waals surface area contributed by atoms with E-state index in [2.05, 4.69) is 15.4 Å². The Morgan fingerprint density at radius 2 is 2.26 bits per heavy atom. The number of carbonyl (C=O) groups excluding carboxylic acids is 2. The van der Waals surface area contributed by atoms with Gasteiger partial charge in [-0.1, -0.05) is 12.1 Å². The lowest BCUT2D eigenvalue weighted by molar-refractivity contribution is 0.0961.